The van der Waals surface area contributed by atoms with Crippen LogP contribution in [0.5, 0.6) is 0 Å². The van der Waals surface area contributed by atoms with Crippen molar-refractivity contribution >= 4 is 113 Å². The van der Waals surface area contributed by atoms with Crippen LogP contribution in [0.1, 0.15) is 0 Å². The molecule has 0 amide bonds. The van der Waals surface area contributed by atoms with E-state index in [1.54, 1.807) is 68.4 Å². The van der Waals surface area contributed by atoms with Crippen LogP contribution in [-0.2, 0) is 14.1 Å². The Hall–Kier alpha value is 0.122. The maximum atomic E-state index is 6.20. The van der Waals surface area contributed by atoms with Crippen LogP contribution < -0.4 is 0 Å². The van der Waals surface area contributed by atoms with Crippen molar-refractivity contribution in [1.29, 1.82) is 0 Å². The van der Waals surface area contributed by atoms with Gasteiger partial charge in [-0.25, -0.2) is 19.3 Å². The molecule has 223 valence electrons. The molecule has 17 heteroatoms. The van der Waals surface area contributed by atoms with Crippen LogP contribution in [0.25, 0.3) is 44.2 Å². The first-order valence-corrected chi connectivity index (χ1v) is 19.1. The van der Waals surface area contributed by atoms with E-state index in [2.05, 4.69) is 64.4 Å². The number of rotatable bonds is 4. The fraction of sp³-hybridized carbons (Fsp3) is 0.0769. The van der Waals surface area contributed by atoms with E-state index in [4.69, 9.17) is 46.4 Å². The van der Waals surface area contributed by atoms with Gasteiger partial charge in [0.1, 0.15) is 0 Å². The minimum Gasteiger partial charge on any atom is -0.412 e. The third-order valence-electron chi connectivity index (χ3n) is 5.43. The van der Waals surface area contributed by atoms with Crippen molar-refractivity contribution in [3.05, 3.63) is 89.9 Å². The molecule has 0 saturated carbocycles. The van der Waals surface area contributed by atoms with Crippen LogP contribution in [-0.4, -0.2) is 35.0 Å². The summed E-state index contributed by atoms with van der Waals surface area (Å²) in [4.78, 5) is 11.2. The van der Waals surface area contributed by atoms with E-state index in [9.17, 15) is 0 Å². The van der Waals surface area contributed by atoms with Gasteiger partial charge in [-0.05, 0) is 63.8 Å². The number of hydrogen-bond donors (Lipinski definition) is 0. The van der Waals surface area contributed by atoms with Gasteiger partial charge in [0.25, 0.3) is 0 Å². The van der Waals surface area contributed by atoms with Crippen molar-refractivity contribution in [3.63, 3.8) is 0 Å². The van der Waals surface area contributed by atoms with Gasteiger partial charge in [-0.1, -0.05) is 64.6 Å². The Morgan fingerprint density at radius 3 is 1.47 bits per heavy atom. The molecule has 0 saturated heterocycles. The monoisotopic (exact) mass is 1100 g/mol. The second-order valence-electron chi connectivity index (χ2n) is 8.04. The van der Waals surface area contributed by atoms with Gasteiger partial charge in [0.2, 0.25) is 0 Å². The Labute approximate surface area is 335 Å². The minimum atomic E-state index is 0. The summed E-state index contributed by atoms with van der Waals surface area (Å²) in [6.45, 7) is 0. The zero-order valence-corrected chi connectivity index (χ0v) is 36.2. The van der Waals surface area contributed by atoms with E-state index in [1.807, 2.05) is 43.7 Å². The summed E-state index contributed by atoms with van der Waals surface area (Å²) in [5.41, 5.74) is 1.33. The predicted octanol–water partition coefficient (Wildman–Crippen LogP) is 10.7. The number of hydrogen-bond acceptors (Lipinski definition) is 6. The number of nitrogens with zero attached hydrogens (tertiary/aromatic N) is 6. The van der Waals surface area contributed by atoms with E-state index in [1.165, 1.54) is 0 Å². The fourth-order valence-electron chi connectivity index (χ4n) is 3.67. The smallest absolute Gasteiger partial charge is 0.184 e. The van der Waals surface area contributed by atoms with Crippen molar-refractivity contribution < 1.29 is 49.5 Å². The van der Waals surface area contributed by atoms with Gasteiger partial charge < -0.3 is 5.48 Å². The average Bonchev–Trinajstić information content (AvgIpc) is 3.74. The zero-order chi connectivity index (χ0) is 29.7. The number of benzene rings is 2. The second kappa shape index (κ2) is 18.5. The molecule has 0 aliphatic carbocycles. The molecule has 0 unspecified atom stereocenters. The summed E-state index contributed by atoms with van der Waals surface area (Å²) in [6, 6.07) is 18.7. The number of aryl methyl sites for hydroxylation is 2. The molecule has 1 radical (unpaired) electrons. The van der Waals surface area contributed by atoms with Gasteiger partial charge in [-0.3, -0.25) is 0 Å². The van der Waals surface area contributed by atoms with E-state index in [0.717, 1.165) is 25.2 Å². The molecule has 0 bridgehead atoms. The molecule has 7 nitrogen and oxygen atoms in total. The maximum Gasteiger partial charge on any atom is 0.184 e. The van der Waals surface area contributed by atoms with Crippen LogP contribution in [0.4, 0.5) is 0 Å². The Morgan fingerprint density at radius 2 is 1.09 bits per heavy atom. The van der Waals surface area contributed by atoms with Gasteiger partial charge in [0.05, 0.1) is 44.8 Å². The summed E-state index contributed by atoms with van der Waals surface area (Å²) in [5, 5.41) is 13.0. The predicted molar refractivity (Wildman–Crippen MR) is 189 cm³/mol. The molecule has 4 aromatic heterocycles. The van der Waals surface area contributed by atoms with Crippen LogP contribution in [0.15, 0.2) is 69.8 Å². The van der Waals surface area contributed by atoms with Gasteiger partial charge in [0.15, 0.2) is 23.3 Å². The Kier molecular flexibility index (Phi) is 16.9. The van der Waals surface area contributed by atoms with Crippen molar-refractivity contribution in [3.8, 4) is 44.2 Å². The number of aromatic nitrogens is 6. The van der Waals surface area contributed by atoms with Crippen molar-refractivity contribution in [2.75, 3.05) is 0 Å². The number of halogens is 7. The molecule has 0 fully saturated rings. The normalized spacial score (nSPS) is 10.1. The second-order valence-corrected chi connectivity index (χ2v) is 13.1. The molecule has 0 spiro atoms. The molecule has 6 aromatic rings. The van der Waals surface area contributed by atoms with E-state index in [-0.39, 0.29) is 49.5 Å². The van der Waals surface area contributed by atoms with Crippen LogP contribution >= 0.6 is 113 Å². The topological polar surface area (TPSA) is 92.9 Å². The summed E-state index contributed by atoms with van der Waals surface area (Å²) in [5.74, 6) is 2.66. The molecule has 43 heavy (non-hydrogen) atoms. The maximum absolute atomic E-state index is 6.20. The molecule has 0 atom stereocenters. The third kappa shape index (κ3) is 9.58. The van der Waals surface area contributed by atoms with E-state index >= 15 is 0 Å². The average molecular weight is 1100 g/mol. The van der Waals surface area contributed by atoms with Crippen molar-refractivity contribution in [2.24, 2.45) is 14.1 Å². The largest absolute Gasteiger partial charge is 0.412 e. The summed E-state index contributed by atoms with van der Waals surface area (Å²) < 4.78 is 4.52. The Balaban J connectivity index is 0.000000272. The fourth-order valence-corrected chi connectivity index (χ4v) is 6.96. The van der Waals surface area contributed by atoms with Crippen molar-refractivity contribution in [1.82, 2.24) is 29.5 Å². The van der Waals surface area contributed by atoms with Crippen LogP contribution in [0, 0.1) is 44.1 Å². The van der Waals surface area contributed by atoms with Crippen molar-refractivity contribution in [2.45, 2.75) is 0 Å². The van der Waals surface area contributed by atoms with Crippen LogP contribution in [0.2, 0.25) is 20.1 Å². The summed E-state index contributed by atoms with van der Waals surface area (Å²) in [6.07, 6.45) is 0. The molecule has 6 rings (SSSR count). The standard InChI is InChI=1S/C13H8BrCl2N3S.C13H9Cl2N3S.Ac.Br2.H2O/c1-19-13(9-5-6-10(14)20-9)17-12(18-19)11-7(15)3-2-4-8(11)16;1-18-13(10-6-3-7-19-10)16-12(17-18)11-8(14)4-2-5-9(11)15;;1-2;/h2-6H,1H3;2-7H,1H3;;;1H2. The first-order chi connectivity index (χ1) is 19.7. The zero-order valence-electron chi connectivity index (χ0n) is 22.1. The summed E-state index contributed by atoms with van der Waals surface area (Å²) >= 11 is 36.9. The third-order valence-corrected chi connectivity index (χ3v) is 9.18. The molecule has 2 aromatic carbocycles. The molecule has 0 aliphatic heterocycles. The Morgan fingerprint density at radius 1 is 0.651 bits per heavy atom. The first-order valence-electron chi connectivity index (χ1n) is 11.4. The van der Waals surface area contributed by atoms with E-state index < -0.39 is 0 Å². The minimum absolute atomic E-state index is 0. The molecule has 0 aliphatic rings. The Bertz CT molecular complexity index is 1740. The van der Waals surface area contributed by atoms with Gasteiger partial charge in [-0.15, -0.1) is 22.7 Å². The first kappa shape index (κ1) is 39.3. The molecule has 4 heterocycles. The number of thiophene rings is 2. The van der Waals surface area contributed by atoms with Gasteiger partial charge in [-0.2, -0.15) is 10.2 Å². The molecule has 2 N–H and O–H groups in total. The van der Waals surface area contributed by atoms with Gasteiger partial charge in [0, 0.05) is 86.4 Å². The molecular weight excluding hydrogens is 1080 g/mol. The molecular formula is C26H19AcBr3Cl4N6OS2. The van der Waals surface area contributed by atoms with Gasteiger partial charge >= 0.3 is 0 Å². The quantitative estimate of drug-likeness (QED) is 0.176. The SMILES string of the molecule is BrBr.Cn1nc(-c2c(Cl)cccc2Cl)nc1-c1ccc(Br)s1.Cn1nc(-c2c(Cl)cccc2Cl)nc1-c1cccs1.O.[Ac]. The van der Waals surface area contributed by atoms with E-state index in [0.29, 0.717) is 42.9 Å². The van der Waals surface area contributed by atoms with Crippen LogP contribution in [0.3, 0.4) is 0 Å². The summed E-state index contributed by atoms with van der Waals surface area (Å²) in [7, 11) is 3.71.